The van der Waals surface area contributed by atoms with Gasteiger partial charge in [-0.25, -0.2) is 22.9 Å². The molecule has 3 aromatic rings. The predicted octanol–water partition coefficient (Wildman–Crippen LogP) is 3.91. The Bertz CT molecular complexity index is 1170. The Hall–Kier alpha value is -2.91. The molecule has 0 unspecified atom stereocenters. The van der Waals surface area contributed by atoms with Gasteiger partial charge in [-0.05, 0) is 70.0 Å². The molecule has 1 aliphatic rings. The number of likely N-dealkylation sites (tertiary alicyclic amines) is 1. The van der Waals surface area contributed by atoms with Crippen LogP contribution in [-0.4, -0.2) is 54.1 Å². The SMILES string of the molecule is CC(C)(C)OC(=O)N1CCC(NS(=O)(=O)c2ccc(-c3nc4ccccc4[nH]3)cc2)CC1. The third kappa shape index (κ3) is 5.11. The van der Waals surface area contributed by atoms with Gasteiger partial charge >= 0.3 is 6.09 Å². The average molecular weight is 457 g/mol. The second kappa shape index (κ2) is 8.55. The predicted molar refractivity (Wildman–Crippen MR) is 123 cm³/mol. The normalized spacial score (nSPS) is 15.8. The number of amides is 1. The van der Waals surface area contributed by atoms with E-state index >= 15 is 0 Å². The summed E-state index contributed by atoms with van der Waals surface area (Å²) in [6.45, 7) is 6.38. The van der Waals surface area contributed by atoms with Crippen LogP contribution in [0.1, 0.15) is 33.6 Å². The van der Waals surface area contributed by atoms with Crippen molar-refractivity contribution < 1.29 is 17.9 Å². The van der Waals surface area contributed by atoms with E-state index in [1.807, 2.05) is 45.0 Å². The largest absolute Gasteiger partial charge is 0.444 e. The molecular formula is C23H28N4O4S. The molecule has 1 amide bonds. The molecule has 2 N–H and O–H groups in total. The molecule has 2 heterocycles. The number of hydrogen-bond donors (Lipinski definition) is 2. The fourth-order valence-corrected chi connectivity index (χ4v) is 4.98. The molecule has 0 bridgehead atoms. The van der Waals surface area contributed by atoms with E-state index in [1.54, 1.807) is 29.2 Å². The summed E-state index contributed by atoms with van der Waals surface area (Å²) in [6.07, 6.45) is 0.713. The first-order chi connectivity index (χ1) is 15.1. The van der Waals surface area contributed by atoms with Crippen LogP contribution in [0.3, 0.4) is 0 Å². The number of aromatic nitrogens is 2. The Balaban J connectivity index is 1.38. The second-order valence-electron chi connectivity index (χ2n) is 8.99. The smallest absolute Gasteiger partial charge is 0.410 e. The zero-order valence-electron chi connectivity index (χ0n) is 18.5. The number of fused-ring (bicyclic) bond motifs is 1. The van der Waals surface area contributed by atoms with Crippen LogP contribution in [0.15, 0.2) is 53.4 Å². The molecule has 1 aliphatic heterocycles. The van der Waals surface area contributed by atoms with E-state index in [4.69, 9.17) is 4.74 Å². The van der Waals surface area contributed by atoms with Crippen LogP contribution in [0.25, 0.3) is 22.4 Å². The zero-order chi connectivity index (χ0) is 22.9. The topological polar surface area (TPSA) is 104 Å². The maximum Gasteiger partial charge on any atom is 0.410 e. The maximum atomic E-state index is 12.9. The molecule has 9 heteroatoms. The summed E-state index contributed by atoms with van der Waals surface area (Å²) in [6, 6.07) is 14.2. The molecule has 0 radical (unpaired) electrons. The lowest BCUT2D eigenvalue weighted by molar-refractivity contribution is 0.0203. The third-order valence-corrected chi connectivity index (χ3v) is 6.83. The van der Waals surface area contributed by atoms with Gasteiger partial charge in [-0.3, -0.25) is 0 Å². The van der Waals surface area contributed by atoms with Crippen LogP contribution in [0.2, 0.25) is 0 Å². The van der Waals surface area contributed by atoms with Crippen molar-refractivity contribution in [3.63, 3.8) is 0 Å². The Labute approximate surface area is 188 Å². The molecule has 1 fully saturated rings. The van der Waals surface area contributed by atoms with Gasteiger partial charge in [0, 0.05) is 24.7 Å². The van der Waals surface area contributed by atoms with Crippen molar-refractivity contribution in [3.8, 4) is 11.4 Å². The quantitative estimate of drug-likeness (QED) is 0.619. The van der Waals surface area contributed by atoms with Crippen molar-refractivity contribution in [3.05, 3.63) is 48.5 Å². The Morgan fingerprint density at radius 1 is 1.09 bits per heavy atom. The first-order valence-corrected chi connectivity index (χ1v) is 12.1. The first kappa shape index (κ1) is 22.3. The first-order valence-electron chi connectivity index (χ1n) is 10.7. The number of benzene rings is 2. The number of carbonyl (C=O) groups excluding carboxylic acids is 1. The standard InChI is InChI=1S/C23H28N4O4S/c1-23(2,3)31-22(28)27-14-12-17(13-15-27)26-32(29,30)18-10-8-16(9-11-18)21-24-19-6-4-5-7-20(19)25-21/h4-11,17,26H,12-15H2,1-3H3,(H,24,25). The highest BCUT2D eigenvalue weighted by Crippen LogP contribution is 2.23. The third-order valence-electron chi connectivity index (χ3n) is 5.30. The van der Waals surface area contributed by atoms with E-state index in [0.717, 1.165) is 16.6 Å². The molecule has 0 saturated carbocycles. The van der Waals surface area contributed by atoms with Crippen molar-refractivity contribution in [2.75, 3.05) is 13.1 Å². The highest BCUT2D eigenvalue weighted by atomic mass is 32.2. The van der Waals surface area contributed by atoms with Crippen LogP contribution in [0, 0.1) is 0 Å². The summed E-state index contributed by atoms with van der Waals surface area (Å²) in [5.41, 5.74) is 2.05. The molecule has 1 saturated heterocycles. The summed E-state index contributed by atoms with van der Waals surface area (Å²) in [5, 5.41) is 0. The number of nitrogens with one attached hydrogen (secondary N) is 2. The van der Waals surface area contributed by atoms with Gasteiger partial charge in [0.1, 0.15) is 11.4 Å². The molecule has 4 rings (SSSR count). The number of hydrogen-bond acceptors (Lipinski definition) is 5. The Morgan fingerprint density at radius 3 is 2.38 bits per heavy atom. The molecule has 32 heavy (non-hydrogen) atoms. The fourth-order valence-electron chi connectivity index (χ4n) is 3.68. The molecule has 0 spiro atoms. The lowest BCUT2D eigenvalue weighted by Gasteiger charge is -2.33. The van der Waals surface area contributed by atoms with E-state index in [9.17, 15) is 13.2 Å². The van der Waals surface area contributed by atoms with Gasteiger partial charge in [0.2, 0.25) is 10.0 Å². The minimum atomic E-state index is -3.67. The minimum absolute atomic E-state index is 0.201. The Morgan fingerprint density at radius 2 is 1.75 bits per heavy atom. The molecular weight excluding hydrogens is 428 g/mol. The van der Waals surface area contributed by atoms with E-state index in [1.165, 1.54) is 0 Å². The number of aromatic amines is 1. The van der Waals surface area contributed by atoms with Crippen LogP contribution >= 0.6 is 0 Å². The highest BCUT2D eigenvalue weighted by molar-refractivity contribution is 7.89. The second-order valence-corrected chi connectivity index (χ2v) is 10.7. The van der Waals surface area contributed by atoms with Gasteiger partial charge in [0.25, 0.3) is 0 Å². The van der Waals surface area contributed by atoms with Crippen LogP contribution in [-0.2, 0) is 14.8 Å². The van der Waals surface area contributed by atoms with Crippen molar-refractivity contribution in [1.29, 1.82) is 0 Å². The molecule has 8 nitrogen and oxygen atoms in total. The lowest BCUT2D eigenvalue weighted by atomic mass is 10.1. The van der Waals surface area contributed by atoms with Gasteiger partial charge in [-0.1, -0.05) is 12.1 Å². The van der Waals surface area contributed by atoms with E-state index in [0.29, 0.717) is 31.8 Å². The average Bonchev–Trinajstić information content (AvgIpc) is 3.17. The number of ether oxygens (including phenoxy) is 1. The summed E-state index contributed by atoms with van der Waals surface area (Å²) in [4.78, 5) is 21.8. The van der Waals surface area contributed by atoms with Gasteiger partial charge in [-0.2, -0.15) is 0 Å². The number of H-pyrrole nitrogens is 1. The molecule has 0 atom stereocenters. The van der Waals surface area contributed by atoms with Gasteiger partial charge in [-0.15, -0.1) is 0 Å². The van der Waals surface area contributed by atoms with Crippen LogP contribution in [0.5, 0.6) is 0 Å². The van der Waals surface area contributed by atoms with Gasteiger partial charge in [0.15, 0.2) is 0 Å². The monoisotopic (exact) mass is 456 g/mol. The number of nitrogens with zero attached hydrogens (tertiary/aromatic N) is 2. The van der Waals surface area contributed by atoms with Gasteiger partial charge < -0.3 is 14.6 Å². The summed E-state index contributed by atoms with van der Waals surface area (Å²) < 4.78 is 33.9. The Kier molecular flexibility index (Phi) is 5.96. The summed E-state index contributed by atoms with van der Waals surface area (Å²) in [5.74, 6) is 0.692. The van der Waals surface area contributed by atoms with Crippen LogP contribution < -0.4 is 4.72 Å². The van der Waals surface area contributed by atoms with E-state index < -0.39 is 15.6 Å². The number of sulfonamides is 1. The van der Waals surface area contributed by atoms with E-state index in [2.05, 4.69) is 14.7 Å². The van der Waals surface area contributed by atoms with Crippen molar-refractivity contribution in [2.24, 2.45) is 0 Å². The number of para-hydroxylation sites is 2. The number of rotatable bonds is 4. The van der Waals surface area contributed by atoms with Crippen LogP contribution in [0.4, 0.5) is 4.79 Å². The lowest BCUT2D eigenvalue weighted by Crippen LogP contribution is -2.47. The highest BCUT2D eigenvalue weighted by Gasteiger charge is 2.29. The van der Waals surface area contributed by atoms with Gasteiger partial charge in [0.05, 0.1) is 15.9 Å². The maximum absolute atomic E-state index is 12.9. The summed E-state index contributed by atoms with van der Waals surface area (Å²) in [7, 11) is -3.67. The summed E-state index contributed by atoms with van der Waals surface area (Å²) >= 11 is 0. The molecule has 0 aliphatic carbocycles. The number of piperidine rings is 1. The molecule has 170 valence electrons. The van der Waals surface area contributed by atoms with Crippen molar-refractivity contribution in [2.45, 2.75) is 50.2 Å². The molecule has 1 aromatic heterocycles. The minimum Gasteiger partial charge on any atom is -0.444 e. The number of imidazole rings is 1. The van der Waals surface area contributed by atoms with E-state index in [-0.39, 0.29) is 17.0 Å². The zero-order valence-corrected chi connectivity index (χ0v) is 19.3. The van der Waals surface area contributed by atoms with Crippen molar-refractivity contribution in [1.82, 2.24) is 19.6 Å². The molecule has 2 aromatic carbocycles. The van der Waals surface area contributed by atoms with Crippen molar-refractivity contribution >= 4 is 27.1 Å². The fraction of sp³-hybridized carbons (Fsp3) is 0.391. The number of carbonyl (C=O) groups is 1.